The molecule has 0 amide bonds. The van der Waals surface area contributed by atoms with E-state index in [9.17, 15) is 0 Å². The number of nitrogens with zero attached hydrogens (tertiary/aromatic N) is 1. The first kappa shape index (κ1) is 15.7. The molecule has 21 heavy (non-hydrogen) atoms. The SMILES string of the molecule is Cc1cc(C)cc(CNCc2ccccc2CN(C)C)c1. The van der Waals surface area contributed by atoms with Gasteiger partial charge in [-0.2, -0.15) is 0 Å². The van der Waals surface area contributed by atoms with Crippen molar-refractivity contribution in [1.29, 1.82) is 0 Å². The molecular formula is C19H26N2. The second-order valence-electron chi connectivity index (χ2n) is 6.11. The molecule has 1 N–H and O–H groups in total. The molecule has 0 saturated carbocycles. The number of hydrogen-bond donors (Lipinski definition) is 1. The van der Waals surface area contributed by atoms with Crippen LogP contribution in [0.5, 0.6) is 0 Å². The third kappa shape index (κ3) is 5.00. The number of aryl methyl sites for hydroxylation is 2. The highest BCUT2D eigenvalue weighted by Gasteiger charge is 2.03. The Hall–Kier alpha value is -1.64. The second kappa shape index (κ2) is 7.39. The second-order valence-corrected chi connectivity index (χ2v) is 6.11. The molecule has 2 aromatic carbocycles. The molecule has 2 nitrogen and oxygen atoms in total. The molecule has 0 aliphatic rings. The van der Waals surface area contributed by atoms with Gasteiger partial charge in [-0.1, -0.05) is 53.6 Å². The number of nitrogens with one attached hydrogen (secondary N) is 1. The van der Waals surface area contributed by atoms with Gasteiger partial charge in [0.25, 0.3) is 0 Å². The van der Waals surface area contributed by atoms with E-state index in [-0.39, 0.29) is 0 Å². The van der Waals surface area contributed by atoms with E-state index in [1.807, 2.05) is 0 Å². The lowest BCUT2D eigenvalue weighted by molar-refractivity contribution is 0.400. The minimum absolute atomic E-state index is 0.914. The summed E-state index contributed by atoms with van der Waals surface area (Å²) in [5.74, 6) is 0. The van der Waals surface area contributed by atoms with Crippen LogP contribution in [0.3, 0.4) is 0 Å². The van der Waals surface area contributed by atoms with Gasteiger partial charge in [0.1, 0.15) is 0 Å². The van der Waals surface area contributed by atoms with Crippen LogP contribution in [0, 0.1) is 13.8 Å². The van der Waals surface area contributed by atoms with Crippen molar-refractivity contribution in [3.8, 4) is 0 Å². The van der Waals surface area contributed by atoms with Gasteiger partial charge in [-0.05, 0) is 44.6 Å². The molecule has 0 radical (unpaired) electrons. The van der Waals surface area contributed by atoms with E-state index in [1.54, 1.807) is 0 Å². The van der Waals surface area contributed by atoms with Gasteiger partial charge < -0.3 is 10.2 Å². The van der Waals surface area contributed by atoms with Crippen molar-refractivity contribution in [3.05, 3.63) is 70.3 Å². The van der Waals surface area contributed by atoms with Crippen molar-refractivity contribution in [2.24, 2.45) is 0 Å². The normalized spacial score (nSPS) is 11.1. The zero-order valence-electron chi connectivity index (χ0n) is 13.6. The first-order chi connectivity index (χ1) is 10.0. The Balaban J connectivity index is 1.97. The van der Waals surface area contributed by atoms with Crippen molar-refractivity contribution < 1.29 is 0 Å². The Labute approximate surface area is 128 Å². The monoisotopic (exact) mass is 282 g/mol. The van der Waals surface area contributed by atoms with E-state index in [4.69, 9.17) is 0 Å². The fourth-order valence-electron chi connectivity index (χ4n) is 2.74. The Morgan fingerprint density at radius 2 is 1.48 bits per heavy atom. The zero-order valence-corrected chi connectivity index (χ0v) is 13.6. The maximum absolute atomic E-state index is 3.57. The summed E-state index contributed by atoms with van der Waals surface area (Å²) in [5, 5.41) is 3.57. The van der Waals surface area contributed by atoms with Crippen LogP contribution in [-0.2, 0) is 19.6 Å². The minimum atomic E-state index is 0.914. The van der Waals surface area contributed by atoms with Crippen LogP contribution >= 0.6 is 0 Å². The van der Waals surface area contributed by atoms with Crippen LogP contribution in [0.4, 0.5) is 0 Å². The predicted octanol–water partition coefficient (Wildman–Crippen LogP) is 3.65. The van der Waals surface area contributed by atoms with Crippen LogP contribution in [0.2, 0.25) is 0 Å². The van der Waals surface area contributed by atoms with Crippen molar-refractivity contribution in [1.82, 2.24) is 10.2 Å². The molecule has 0 bridgehead atoms. The Kier molecular flexibility index (Phi) is 5.54. The topological polar surface area (TPSA) is 15.3 Å². The number of hydrogen-bond acceptors (Lipinski definition) is 2. The first-order valence-corrected chi connectivity index (χ1v) is 7.54. The van der Waals surface area contributed by atoms with Crippen molar-refractivity contribution in [2.45, 2.75) is 33.5 Å². The van der Waals surface area contributed by atoms with Gasteiger partial charge in [-0.3, -0.25) is 0 Å². The van der Waals surface area contributed by atoms with Gasteiger partial charge in [0.15, 0.2) is 0 Å². The lowest BCUT2D eigenvalue weighted by Gasteiger charge is -2.15. The summed E-state index contributed by atoms with van der Waals surface area (Å²) in [6, 6.07) is 15.4. The predicted molar refractivity (Wildman–Crippen MR) is 90.3 cm³/mol. The molecule has 0 atom stereocenters. The first-order valence-electron chi connectivity index (χ1n) is 7.54. The fourth-order valence-corrected chi connectivity index (χ4v) is 2.74. The van der Waals surface area contributed by atoms with E-state index in [0.717, 1.165) is 19.6 Å². The Morgan fingerprint density at radius 1 is 0.857 bits per heavy atom. The van der Waals surface area contributed by atoms with Crippen LogP contribution in [0.1, 0.15) is 27.8 Å². The lowest BCUT2D eigenvalue weighted by atomic mass is 10.1. The standard InChI is InChI=1S/C19H26N2/c1-15-9-16(2)11-17(10-15)12-20-13-18-7-5-6-8-19(18)14-21(3)4/h5-11,20H,12-14H2,1-4H3. The van der Waals surface area contributed by atoms with Gasteiger partial charge in [0.2, 0.25) is 0 Å². The average molecular weight is 282 g/mol. The summed E-state index contributed by atoms with van der Waals surface area (Å²) in [4.78, 5) is 2.21. The fraction of sp³-hybridized carbons (Fsp3) is 0.368. The molecule has 2 heteroatoms. The maximum Gasteiger partial charge on any atom is 0.0230 e. The van der Waals surface area contributed by atoms with E-state index in [1.165, 1.54) is 27.8 Å². The quantitative estimate of drug-likeness (QED) is 0.870. The summed E-state index contributed by atoms with van der Waals surface area (Å²) in [5.41, 5.74) is 6.81. The molecule has 0 aromatic heterocycles. The van der Waals surface area contributed by atoms with Gasteiger partial charge in [0, 0.05) is 19.6 Å². The molecule has 0 unspecified atom stereocenters. The largest absolute Gasteiger partial charge is 0.309 e. The zero-order chi connectivity index (χ0) is 15.2. The molecule has 0 aliphatic carbocycles. The van der Waals surface area contributed by atoms with Crippen molar-refractivity contribution >= 4 is 0 Å². The Morgan fingerprint density at radius 3 is 2.10 bits per heavy atom. The van der Waals surface area contributed by atoms with Gasteiger partial charge in [-0.25, -0.2) is 0 Å². The number of benzene rings is 2. The van der Waals surface area contributed by atoms with Crippen molar-refractivity contribution in [2.75, 3.05) is 14.1 Å². The Bertz CT molecular complexity index is 568. The van der Waals surface area contributed by atoms with Crippen LogP contribution in [0.15, 0.2) is 42.5 Å². The molecule has 2 aromatic rings. The number of rotatable bonds is 6. The van der Waals surface area contributed by atoms with Gasteiger partial charge >= 0.3 is 0 Å². The minimum Gasteiger partial charge on any atom is -0.309 e. The highest BCUT2D eigenvalue weighted by atomic mass is 15.0. The summed E-state index contributed by atoms with van der Waals surface area (Å²) in [6.45, 7) is 7.13. The highest BCUT2D eigenvalue weighted by Crippen LogP contribution is 2.12. The molecule has 112 valence electrons. The lowest BCUT2D eigenvalue weighted by Crippen LogP contribution is -2.17. The van der Waals surface area contributed by atoms with Gasteiger partial charge in [0.05, 0.1) is 0 Å². The van der Waals surface area contributed by atoms with E-state index >= 15 is 0 Å². The third-order valence-corrected chi connectivity index (χ3v) is 3.53. The smallest absolute Gasteiger partial charge is 0.0230 e. The molecule has 2 rings (SSSR count). The van der Waals surface area contributed by atoms with Crippen molar-refractivity contribution in [3.63, 3.8) is 0 Å². The summed E-state index contributed by atoms with van der Waals surface area (Å²) in [6.07, 6.45) is 0. The molecule has 0 fully saturated rings. The summed E-state index contributed by atoms with van der Waals surface area (Å²) >= 11 is 0. The van der Waals surface area contributed by atoms with Crippen LogP contribution in [0.25, 0.3) is 0 Å². The maximum atomic E-state index is 3.57. The highest BCUT2D eigenvalue weighted by molar-refractivity contribution is 5.29. The molecule has 0 spiro atoms. The van der Waals surface area contributed by atoms with E-state index in [0.29, 0.717) is 0 Å². The van der Waals surface area contributed by atoms with Crippen LogP contribution in [-0.4, -0.2) is 19.0 Å². The molecule has 0 heterocycles. The average Bonchev–Trinajstić information content (AvgIpc) is 2.39. The molecule has 0 aliphatic heterocycles. The van der Waals surface area contributed by atoms with Gasteiger partial charge in [-0.15, -0.1) is 0 Å². The van der Waals surface area contributed by atoms with E-state index < -0.39 is 0 Å². The summed E-state index contributed by atoms with van der Waals surface area (Å²) < 4.78 is 0. The molecule has 0 saturated heterocycles. The van der Waals surface area contributed by atoms with E-state index in [2.05, 4.69) is 80.6 Å². The molecular weight excluding hydrogens is 256 g/mol. The third-order valence-electron chi connectivity index (χ3n) is 3.53. The van der Waals surface area contributed by atoms with Crippen LogP contribution < -0.4 is 5.32 Å². The summed E-state index contributed by atoms with van der Waals surface area (Å²) in [7, 11) is 4.22.